The van der Waals surface area contributed by atoms with Gasteiger partial charge in [-0.3, -0.25) is 9.69 Å². The number of hydrogen-bond donors (Lipinski definition) is 1. The molecule has 0 bridgehead atoms. The van der Waals surface area contributed by atoms with Gasteiger partial charge in [-0.25, -0.2) is 9.98 Å². The Kier molecular flexibility index (Phi) is 9.20. The number of hydrogen-bond acceptors (Lipinski definition) is 8. The molecule has 1 amide bonds. The molecule has 6 rings (SSSR count). The molecular formula is C33H42N4O2S3. The van der Waals surface area contributed by atoms with Crippen molar-refractivity contribution in [3.8, 4) is 0 Å². The fourth-order valence-corrected chi connectivity index (χ4v) is 9.38. The van der Waals surface area contributed by atoms with Gasteiger partial charge in [0, 0.05) is 49.0 Å². The lowest BCUT2D eigenvalue weighted by Gasteiger charge is -2.45. The molecule has 3 aliphatic carbocycles. The smallest absolute Gasteiger partial charge is 0.261 e. The van der Waals surface area contributed by atoms with Gasteiger partial charge in [0.15, 0.2) is 10.7 Å². The van der Waals surface area contributed by atoms with Crippen molar-refractivity contribution in [3.05, 3.63) is 74.6 Å². The molecular weight excluding hydrogens is 581 g/mol. The van der Waals surface area contributed by atoms with Crippen molar-refractivity contribution < 1.29 is 9.53 Å². The molecule has 2 N–H and O–H groups in total. The second-order valence-corrected chi connectivity index (χ2v) is 15.3. The van der Waals surface area contributed by atoms with Crippen molar-refractivity contribution in [2.45, 2.75) is 82.3 Å². The van der Waals surface area contributed by atoms with Crippen LogP contribution in [0.4, 0.5) is 0 Å². The SMILES string of the molecule is C=C(CCN1C(=O)C2(N=C1SCCc1nccs1)c1cc(CCC3CC3)ccc1CC21CCC(OC)CC1)S/C=C\N. The van der Waals surface area contributed by atoms with E-state index in [-0.39, 0.29) is 17.4 Å². The van der Waals surface area contributed by atoms with E-state index in [1.54, 1.807) is 23.1 Å². The molecule has 4 aliphatic rings. The number of amidine groups is 1. The van der Waals surface area contributed by atoms with Crippen LogP contribution in [0.3, 0.4) is 0 Å². The number of fused-ring (bicyclic) bond motifs is 3. The van der Waals surface area contributed by atoms with E-state index in [9.17, 15) is 0 Å². The average molecular weight is 623 g/mol. The summed E-state index contributed by atoms with van der Waals surface area (Å²) in [7, 11) is 1.82. The van der Waals surface area contributed by atoms with Crippen LogP contribution in [0.2, 0.25) is 0 Å². The number of rotatable bonds is 12. The number of thioether (sulfide) groups is 2. The number of aryl methyl sites for hydroxylation is 2. The van der Waals surface area contributed by atoms with E-state index in [0.29, 0.717) is 13.0 Å². The van der Waals surface area contributed by atoms with E-state index >= 15 is 4.79 Å². The third-order valence-corrected chi connectivity index (χ3v) is 12.3. The van der Waals surface area contributed by atoms with Gasteiger partial charge < -0.3 is 10.5 Å². The molecule has 0 saturated heterocycles. The highest BCUT2D eigenvalue weighted by atomic mass is 32.2. The highest BCUT2D eigenvalue weighted by Gasteiger charge is 2.66. The first kappa shape index (κ1) is 30.0. The summed E-state index contributed by atoms with van der Waals surface area (Å²) >= 11 is 4.91. The number of nitrogens with two attached hydrogens (primary N) is 1. The topological polar surface area (TPSA) is 80.8 Å². The number of methoxy groups -OCH3 is 1. The summed E-state index contributed by atoms with van der Waals surface area (Å²) < 4.78 is 5.79. The van der Waals surface area contributed by atoms with Crippen LogP contribution in [-0.4, -0.2) is 46.5 Å². The molecule has 2 fully saturated rings. The van der Waals surface area contributed by atoms with Gasteiger partial charge in [-0.05, 0) is 84.3 Å². The van der Waals surface area contributed by atoms with Crippen LogP contribution in [0.1, 0.15) is 73.1 Å². The number of aromatic nitrogens is 1. The van der Waals surface area contributed by atoms with E-state index < -0.39 is 5.54 Å². The minimum atomic E-state index is -0.869. The highest BCUT2D eigenvalue weighted by molar-refractivity contribution is 8.13. The zero-order valence-corrected chi connectivity index (χ0v) is 27.0. The van der Waals surface area contributed by atoms with Crippen LogP contribution in [0.5, 0.6) is 0 Å². The number of thiazole rings is 1. The maximum absolute atomic E-state index is 15.0. The van der Waals surface area contributed by atoms with Crippen molar-refractivity contribution in [2.24, 2.45) is 22.1 Å². The van der Waals surface area contributed by atoms with Crippen molar-refractivity contribution in [1.29, 1.82) is 0 Å². The number of ether oxygens (including phenoxy) is 1. The molecule has 6 nitrogen and oxygen atoms in total. The maximum Gasteiger partial charge on any atom is 0.261 e. The Labute approximate surface area is 262 Å². The van der Waals surface area contributed by atoms with Gasteiger partial charge in [0.25, 0.3) is 5.91 Å². The molecule has 1 aromatic carbocycles. The predicted molar refractivity (Wildman–Crippen MR) is 177 cm³/mol. The summed E-state index contributed by atoms with van der Waals surface area (Å²) in [5.74, 6) is 1.87. The molecule has 224 valence electrons. The Hall–Kier alpha value is -2.07. The first-order chi connectivity index (χ1) is 20.5. The van der Waals surface area contributed by atoms with Gasteiger partial charge >= 0.3 is 0 Å². The molecule has 9 heteroatoms. The lowest BCUT2D eigenvalue weighted by atomic mass is 9.61. The second kappa shape index (κ2) is 12.9. The molecule has 1 aromatic heterocycles. The molecule has 2 saturated carbocycles. The molecule has 2 heterocycles. The monoisotopic (exact) mass is 622 g/mol. The van der Waals surface area contributed by atoms with Crippen LogP contribution >= 0.6 is 34.9 Å². The Morgan fingerprint density at radius 2 is 2.10 bits per heavy atom. The third kappa shape index (κ3) is 5.86. The normalized spacial score (nSPS) is 27.0. The fourth-order valence-electron chi connectivity index (χ4n) is 7.14. The number of benzene rings is 1. The summed E-state index contributed by atoms with van der Waals surface area (Å²) in [6.07, 6.45) is 15.0. The number of aliphatic imine (C=N–C) groups is 1. The molecule has 1 unspecified atom stereocenters. The zero-order chi connectivity index (χ0) is 29.2. The van der Waals surface area contributed by atoms with E-state index in [2.05, 4.69) is 29.8 Å². The molecule has 42 heavy (non-hydrogen) atoms. The third-order valence-electron chi connectivity index (χ3n) is 9.63. The molecule has 2 spiro atoms. The van der Waals surface area contributed by atoms with Crippen molar-refractivity contribution in [1.82, 2.24) is 9.88 Å². The Morgan fingerprint density at radius 1 is 1.26 bits per heavy atom. The number of carbonyl (C=O) groups is 1. The highest BCUT2D eigenvalue weighted by Crippen LogP contribution is 2.62. The summed E-state index contributed by atoms with van der Waals surface area (Å²) in [6.45, 7) is 4.80. The van der Waals surface area contributed by atoms with Crippen molar-refractivity contribution in [3.63, 3.8) is 0 Å². The molecule has 1 aliphatic heterocycles. The first-order valence-electron chi connectivity index (χ1n) is 15.3. The van der Waals surface area contributed by atoms with E-state index in [0.717, 1.165) is 77.3 Å². The summed E-state index contributed by atoms with van der Waals surface area (Å²) in [5.41, 5.74) is 8.29. The summed E-state index contributed by atoms with van der Waals surface area (Å²) in [5, 5.41) is 5.83. The van der Waals surface area contributed by atoms with Gasteiger partial charge in [-0.1, -0.05) is 49.4 Å². The largest absolute Gasteiger partial charge is 0.404 e. The zero-order valence-electron chi connectivity index (χ0n) is 24.6. The van der Waals surface area contributed by atoms with Crippen molar-refractivity contribution in [2.75, 3.05) is 19.4 Å². The fraction of sp³-hybridized carbons (Fsp3) is 0.545. The predicted octanol–water partition coefficient (Wildman–Crippen LogP) is 7.05. The minimum Gasteiger partial charge on any atom is -0.404 e. The summed E-state index contributed by atoms with van der Waals surface area (Å²) in [6, 6.07) is 6.98. The minimum absolute atomic E-state index is 0.153. The van der Waals surface area contributed by atoms with Gasteiger partial charge in [0.2, 0.25) is 0 Å². The van der Waals surface area contributed by atoms with E-state index in [4.69, 9.17) is 15.5 Å². The lowest BCUT2D eigenvalue weighted by Crippen LogP contribution is -2.52. The summed E-state index contributed by atoms with van der Waals surface area (Å²) in [4.78, 5) is 28.1. The quantitative estimate of drug-likeness (QED) is 0.273. The van der Waals surface area contributed by atoms with Crippen LogP contribution < -0.4 is 5.73 Å². The Morgan fingerprint density at radius 3 is 2.81 bits per heavy atom. The van der Waals surface area contributed by atoms with Gasteiger partial charge in [0.05, 0.1) is 11.1 Å². The maximum atomic E-state index is 15.0. The van der Waals surface area contributed by atoms with Gasteiger partial charge in [0.1, 0.15) is 0 Å². The Bertz CT molecular complexity index is 1350. The second-order valence-electron chi connectivity index (χ2n) is 12.2. The van der Waals surface area contributed by atoms with Crippen LogP contribution in [0.25, 0.3) is 0 Å². The van der Waals surface area contributed by atoms with E-state index in [1.807, 2.05) is 29.0 Å². The Balaban J connectivity index is 1.36. The number of amides is 1. The first-order valence-corrected chi connectivity index (χ1v) is 18.0. The molecule has 1 atom stereocenters. The van der Waals surface area contributed by atoms with Gasteiger partial charge in [-0.15, -0.1) is 23.1 Å². The standard InChI is InChI=1S/C33H42N4O2S3/c1-23(40-19-15-34)11-17-37-30(38)33(36-31(37)42-18-12-29-35-16-20-41-29)28-21-25(6-5-24-3-4-24)7-8-26(28)22-32(33)13-9-27(39-2)10-14-32/h7-8,15-16,19-21,24,27H,1,3-6,9-14,17-18,22,34H2,2H3/b19-15-. The van der Waals surface area contributed by atoms with E-state index in [1.165, 1.54) is 48.4 Å². The molecule has 2 aromatic rings. The van der Waals surface area contributed by atoms with Crippen LogP contribution in [-0.2, 0) is 34.3 Å². The number of carbonyl (C=O) groups excluding carboxylic acids is 1. The van der Waals surface area contributed by atoms with Crippen LogP contribution in [0, 0.1) is 11.3 Å². The van der Waals surface area contributed by atoms with Crippen LogP contribution in [0.15, 0.2) is 57.9 Å². The average Bonchev–Trinajstić information content (AvgIpc) is 3.51. The lowest BCUT2D eigenvalue weighted by molar-refractivity contribution is -0.138. The van der Waals surface area contributed by atoms with Gasteiger partial charge in [-0.2, -0.15) is 0 Å². The van der Waals surface area contributed by atoms with Crippen molar-refractivity contribution >= 4 is 45.9 Å². The molecule has 0 radical (unpaired) electrons. The number of nitrogens with zero attached hydrogens (tertiary/aromatic N) is 3.